The number of hydrogen-bond acceptors (Lipinski definition) is 5. The normalized spacial score (nSPS) is 10.5. The number of nitrogens with zero attached hydrogens (tertiary/aromatic N) is 1. The summed E-state index contributed by atoms with van der Waals surface area (Å²) in [6, 6.07) is 8.35. The highest BCUT2D eigenvalue weighted by atomic mass is 32.1. The Morgan fingerprint density at radius 2 is 1.95 bits per heavy atom. The highest BCUT2D eigenvalue weighted by molar-refractivity contribution is 7.13. The van der Waals surface area contributed by atoms with E-state index in [2.05, 4.69) is 40.0 Å². The van der Waals surface area contributed by atoms with E-state index in [1.807, 2.05) is 5.38 Å². The van der Waals surface area contributed by atoms with Gasteiger partial charge in [0, 0.05) is 18.8 Å². The Labute approximate surface area is 122 Å². The zero-order chi connectivity index (χ0) is 14.4. The van der Waals surface area contributed by atoms with E-state index in [0.29, 0.717) is 11.7 Å². The average molecular weight is 290 g/mol. The number of hydrogen-bond donors (Lipinski definition) is 3. The van der Waals surface area contributed by atoms with Crippen molar-refractivity contribution in [2.24, 2.45) is 5.84 Å². The summed E-state index contributed by atoms with van der Waals surface area (Å²) in [5.41, 5.74) is 6.07. The van der Waals surface area contributed by atoms with Crippen LogP contribution < -0.4 is 16.6 Å². The van der Waals surface area contributed by atoms with Crippen LogP contribution in [0.25, 0.3) is 0 Å². The van der Waals surface area contributed by atoms with Gasteiger partial charge >= 0.3 is 0 Å². The van der Waals surface area contributed by atoms with E-state index >= 15 is 0 Å². The van der Waals surface area contributed by atoms with E-state index in [4.69, 9.17) is 5.84 Å². The van der Waals surface area contributed by atoms with E-state index in [0.717, 1.165) is 24.1 Å². The van der Waals surface area contributed by atoms with E-state index in [1.54, 1.807) is 0 Å². The lowest BCUT2D eigenvalue weighted by atomic mass is 10.1. The molecule has 2 rings (SSSR count). The van der Waals surface area contributed by atoms with Crippen molar-refractivity contribution >= 4 is 22.4 Å². The lowest BCUT2D eigenvalue weighted by Crippen LogP contribution is -2.20. The summed E-state index contributed by atoms with van der Waals surface area (Å²) in [4.78, 5) is 15.3. The molecule has 0 atom stereocenters. The maximum atomic E-state index is 10.9. The van der Waals surface area contributed by atoms with Crippen LogP contribution in [0.4, 0.5) is 5.13 Å². The van der Waals surface area contributed by atoms with Crippen LogP contribution in [-0.4, -0.2) is 10.9 Å². The van der Waals surface area contributed by atoms with Crippen LogP contribution in [0, 0.1) is 0 Å². The Balaban J connectivity index is 1.88. The number of carbonyl (C=O) groups excluding carboxylic acids is 1. The second kappa shape index (κ2) is 7.14. The molecule has 0 aliphatic rings. The minimum atomic E-state index is -0.0880. The van der Waals surface area contributed by atoms with Crippen LogP contribution in [0.1, 0.15) is 23.7 Å². The van der Waals surface area contributed by atoms with Crippen LogP contribution >= 0.6 is 11.3 Å². The lowest BCUT2D eigenvalue weighted by Gasteiger charge is -2.03. The summed E-state index contributed by atoms with van der Waals surface area (Å²) in [6.07, 6.45) is 1.80. The van der Waals surface area contributed by atoms with Gasteiger partial charge in [0.15, 0.2) is 5.13 Å². The number of carbonyl (C=O) groups is 1. The third-order valence-electron chi connectivity index (χ3n) is 2.83. The Bertz CT molecular complexity index is 565. The molecule has 5 nitrogen and oxygen atoms in total. The number of aromatic nitrogens is 1. The molecule has 0 saturated carbocycles. The van der Waals surface area contributed by atoms with Crippen molar-refractivity contribution in [3.63, 3.8) is 0 Å². The molecule has 0 aliphatic carbocycles. The third kappa shape index (κ3) is 4.41. The SMILES string of the molecule is CC(=O)Nc1nc(CCc2ccc(CNN)cc2)cs1. The molecule has 0 radical (unpaired) electrons. The largest absolute Gasteiger partial charge is 0.302 e. The molecule has 106 valence electrons. The van der Waals surface area contributed by atoms with E-state index in [9.17, 15) is 4.79 Å². The van der Waals surface area contributed by atoms with Gasteiger partial charge in [-0.1, -0.05) is 24.3 Å². The van der Waals surface area contributed by atoms with Crippen molar-refractivity contribution in [1.29, 1.82) is 0 Å². The third-order valence-corrected chi connectivity index (χ3v) is 3.64. The molecular formula is C14H18N4OS. The van der Waals surface area contributed by atoms with Gasteiger partial charge in [0.25, 0.3) is 0 Å². The summed E-state index contributed by atoms with van der Waals surface area (Å²) in [6.45, 7) is 2.16. The number of amides is 1. The molecule has 0 spiro atoms. The van der Waals surface area contributed by atoms with Gasteiger partial charge < -0.3 is 5.32 Å². The predicted molar refractivity (Wildman–Crippen MR) is 81.3 cm³/mol. The van der Waals surface area contributed by atoms with Gasteiger partial charge in [-0.2, -0.15) is 0 Å². The molecule has 6 heteroatoms. The second-order valence-corrected chi connectivity index (χ2v) is 5.38. The molecule has 0 bridgehead atoms. The molecule has 0 saturated heterocycles. The molecule has 20 heavy (non-hydrogen) atoms. The fourth-order valence-electron chi connectivity index (χ4n) is 1.84. The minimum absolute atomic E-state index is 0.0880. The van der Waals surface area contributed by atoms with Crippen LogP contribution in [-0.2, 0) is 24.2 Å². The monoisotopic (exact) mass is 290 g/mol. The summed E-state index contributed by atoms with van der Waals surface area (Å²) in [7, 11) is 0. The van der Waals surface area contributed by atoms with Crippen LogP contribution in [0.15, 0.2) is 29.6 Å². The first kappa shape index (κ1) is 14.6. The van der Waals surface area contributed by atoms with Crippen LogP contribution in [0.3, 0.4) is 0 Å². The van der Waals surface area contributed by atoms with Crippen molar-refractivity contribution < 1.29 is 4.79 Å². The summed E-state index contributed by atoms with van der Waals surface area (Å²) < 4.78 is 0. The van der Waals surface area contributed by atoms with Crippen molar-refractivity contribution in [3.8, 4) is 0 Å². The molecule has 1 amide bonds. The Morgan fingerprint density at radius 1 is 1.25 bits per heavy atom. The highest BCUT2D eigenvalue weighted by Crippen LogP contribution is 2.17. The number of benzene rings is 1. The molecule has 1 aromatic heterocycles. The topological polar surface area (TPSA) is 80.0 Å². The molecule has 1 heterocycles. The van der Waals surface area contributed by atoms with Gasteiger partial charge in [0.2, 0.25) is 5.91 Å². The predicted octanol–water partition coefficient (Wildman–Crippen LogP) is 1.85. The Hall–Kier alpha value is -1.76. The zero-order valence-corrected chi connectivity index (χ0v) is 12.2. The maximum Gasteiger partial charge on any atom is 0.223 e. The maximum absolute atomic E-state index is 10.9. The first-order valence-electron chi connectivity index (χ1n) is 6.40. The Morgan fingerprint density at radius 3 is 2.60 bits per heavy atom. The Kier molecular flexibility index (Phi) is 5.23. The summed E-state index contributed by atoms with van der Waals surface area (Å²) >= 11 is 1.46. The first-order chi connectivity index (χ1) is 9.67. The van der Waals surface area contributed by atoms with E-state index in [1.165, 1.54) is 23.8 Å². The van der Waals surface area contributed by atoms with Crippen LogP contribution in [0.2, 0.25) is 0 Å². The second-order valence-electron chi connectivity index (χ2n) is 4.52. The van der Waals surface area contributed by atoms with Gasteiger partial charge in [-0.3, -0.25) is 16.1 Å². The molecule has 0 unspecified atom stereocenters. The smallest absolute Gasteiger partial charge is 0.223 e. The molecular weight excluding hydrogens is 272 g/mol. The lowest BCUT2D eigenvalue weighted by molar-refractivity contribution is -0.114. The van der Waals surface area contributed by atoms with Gasteiger partial charge in [-0.25, -0.2) is 4.98 Å². The first-order valence-corrected chi connectivity index (χ1v) is 7.28. The van der Waals surface area contributed by atoms with Crippen molar-refractivity contribution in [2.45, 2.75) is 26.3 Å². The molecule has 0 aliphatic heterocycles. The molecule has 2 aromatic rings. The van der Waals surface area contributed by atoms with Gasteiger partial charge in [-0.05, 0) is 24.0 Å². The quantitative estimate of drug-likeness (QED) is 0.560. The van der Waals surface area contributed by atoms with Crippen molar-refractivity contribution in [3.05, 3.63) is 46.5 Å². The van der Waals surface area contributed by atoms with Gasteiger partial charge in [-0.15, -0.1) is 11.3 Å². The number of thiazole rings is 1. The standard InChI is InChI=1S/C14H18N4OS/c1-10(19)17-14-18-13(9-20-14)7-6-11-2-4-12(5-3-11)8-16-15/h2-5,9,16H,6-8,15H2,1H3,(H,17,18,19). The summed E-state index contributed by atoms with van der Waals surface area (Å²) in [5.74, 6) is 5.20. The van der Waals surface area contributed by atoms with Crippen LogP contribution in [0.5, 0.6) is 0 Å². The van der Waals surface area contributed by atoms with E-state index < -0.39 is 0 Å². The number of aryl methyl sites for hydroxylation is 2. The van der Waals surface area contributed by atoms with Crippen molar-refractivity contribution in [1.82, 2.24) is 10.4 Å². The van der Waals surface area contributed by atoms with Crippen molar-refractivity contribution in [2.75, 3.05) is 5.32 Å². The van der Waals surface area contributed by atoms with Gasteiger partial charge in [0.05, 0.1) is 5.69 Å². The number of rotatable bonds is 6. The minimum Gasteiger partial charge on any atom is -0.302 e. The number of anilines is 1. The highest BCUT2D eigenvalue weighted by Gasteiger charge is 2.04. The number of nitrogens with one attached hydrogen (secondary N) is 2. The molecule has 1 aromatic carbocycles. The zero-order valence-electron chi connectivity index (χ0n) is 11.3. The number of hydrazine groups is 1. The summed E-state index contributed by atoms with van der Waals surface area (Å²) in [5, 5.41) is 5.34. The van der Waals surface area contributed by atoms with Gasteiger partial charge in [0.1, 0.15) is 0 Å². The fraction of sp³-hybridized carbons (Fsp3) is 0.286. The fourth-order valence-corrected chi connectivity index (χ4v) is 2.63. The molecule has 0 fully saturated rings. The average Bonchev–Trinajstić information content (AvgIpc) is 2.85. The number of nitrogens with two attached hydrogens (primary N) is 1. The van der Waals surface area contributed by atoms with E-state index in [-0.39, 0.29) is 5.91 Å². The molecule has 4 N–H and O–H groups in total.